The van der Waals surface area contributed by atoms with Gasteiger partial charge in [0.25, 0.3) is 0 Å². The third-order valence-electron chi connectivity index (χ3n) is 5.22. The molecule has 1 unspecified atom stereocenters. The van der Waals surface area contributed by atoms with E-state index in [9.17, 15) is 4.79 Å². The zero-order valence-electron chi connectivity index (χ0n) is 15.3. The van der Waals surface area contributed by atoms with E-state index in [0.29, 0.717) is 18.9 Å². The van der Waals surface area contributed by atoms with Crippen LogP contribution in [0, 0.1) is 5.92 Å². The van der Waals surface area contributed by atoms with Gasteiger partial charge in [-0.3, -0.25) is 4.79 Å². The summed E-state index contributed by atoms with van der Waals surface area (Å²) in [5.41, 5.74) is 9.14. The number of carbonyl (C=O) groups is 1. The number of nitrogens with one attached hydrogen (secondary N) is 2. The summed E-state index contributed by atoms with van der Waals surface area (Å²) in [6, 6.07) is 18.6. The molecule has 0 radical (unpaired) electrons. The smallest absolute Gasteiger partial charge is 0.224 e. The average Bonchev–Trinajstić information content (AvgIpc) is 2.69. The predicted octanol–water partition coefficient (Wildman–Crippen LogP) is 2.41. The summed E-state index contributed by atoms with van der Waals surface area (Å²) in [6.45, 7) is 2.62. The fourth-order valence-electron chi connectivity index (χ4n) is 3.69. The maximum absolute atomic E-state index is 12.6. The van der Waals surface area contributed by atoms with Crippen LogP contribution in [0.25, 0.3) is 0 Å². The number of amides is 1. The summed E-state index contributed by atoms with van der Waals surface area (Å²) in [5, 5.41) is 6.74. The van der Waals surface area contributed by atoms with Crippen molar-refractivity contribution in [2.24, 2.45) is 11.7 Å². The molecule has 1 heterocycles. The molecule has 4 heteroatoms. The molecule has 2 aromatic rings. The molecule has 1 aliphatic rings. The molecule has 138 valence electrons. The van der Waals surface area contributed by atoms with Gasteiger partial charge in [0.2, 0.25) is 5.91 Å². The number of rotatable bonds is 7. The third-order valence-corrected chi connectivity index (χ3v) is 5.22. The standard InChI is InChI=1S/C22H29N3O/c23-16-19-8-6-18(7-9-19)14-21(20-10-12-24-13-11-20)25-22(26)15-17-4-2-1-3-5-17/h1-9,20-21,24H,10-16,23H2,(H,25,26). The Kier molecular flexibility index (Phi) is 6.81. The van der Waals surface area contributed by atoms with Crippen LogP contribution in [0.5, 0.6) is 0 Å². The van der Waals surface area contributed by atoms with Gasteiger partial charge in [-0.05, 0) is 55.0 Å². The van der Waals surface area contributed by atoms with E-state index in [0.717, 1.165) is 43.5 Å². The Balaban J connectivity index is 1.66. The minimum atomic E-state index is 0.110. The summed E-state index contributed by atoms with van der Waals surface area (Å²) in [7, 11) is 0. The summed E-state index contributed by atoms with van der Waals surface area (Å²) >= 11 is 0. The van der Waals surface area contributed by atoms with Crippen molar-refractivity contribution in [3.8, 4) is 0 Å². The SMILES string of the molecule is NCc1ccc(CC(NC(=O)Cc2ccccc2)C2CCNCC2)cc1. The van der Waals surface area contributed by atoms with Crippen LogP contribution < -0.4 is 16.4 Å². The summed E-state index contributed by atoms with van der Waals surface area (Å²) in [5.74, 6) is 0.628. The number of hydrogen-bond donors (Lipinski definition) is 3. The Morgan fingerprint density at radius 2 is 1.65 bits per heavy atom. The fraction of sp³-hybridized carbons (Fsp3) is 0.409. The maximum Gasteiger partial charge on any atom is 0.224 e. The highest BCUT2D eigenvalue weighted by molar-refractivity contribution is 5.78. The van der Waals surface area contributed by atoms with Crippen molar-refractivity contribution < 1.29 is 4.79 Å². The molecule has 1 fully saturated rings. The zero-order chi connectivity index (χ0) is 18.2. The van der Waals surface area contributed by atoms with Crippen molar-refractivity contribution in [3.05, 3.63) is 71.3 Å². The van der Waals surface area contributed by atoms with Crippen LogP contribution in [0.4, 0.5) is 0 Å². The van der Waals surface area contributed by atoms with E-state index in [-0.39, 0.29) is 11.9 Å². The number of carbonyl (C=O) groups excluding carboxylic acids is 1. The summed E-state index contributed by atoms with van der Waals surface area (Å²) < 4.78 is 0. The Hall–Kier alpha value is -2.17. The lowest BCUT2D eigenvalue weighted by molar-refractivity contribution is -0.121. The largest absolute Gasteiger partial charge is 0.352 e. The second-order valence-corrected chi connectivity index (χ2v) is 7.15. The molecule has 0 aliphatic carbocycles. The third kappa shape index (κ3) is 5.41. The van der Waals surface area contributed by atoms with Gasteiger partial charge in [0.05, 0.1) is 6.42 Å². The molecule has 1 aliphatic heterocycles. The van der Waals surface area contributed by atoms with Crippen molar-refractivity contribution in [2.75, 3.05) is 13.1 Å². The minimum Gasteiger partial charge on any atom is -0.352 e. The number of piperidine rings is 1. The molecule has 1 amide bonds. The van der Waals surface area contributed by atoms with Crippen molar-refractivity contribution in [1.82, 2.24) is 10.6 Å². The quantitative estimate of drug-likeness (QED) is 0.718. The van der Waals surface area contributed by atoms with E-state index in [1.165, 1.54) is 5.56 Å². The van der Waals surface area contributed by atoms with Crippen molar-refractivity contribution >= 4 is 5.91 Å². The van der Waals surface area contributed by atoms with E-state index in [2.05, 4.69) is 34.9 Å². The number of benzene rings is 2. The van der Waals surface area contributed by atoms with Crippen molar-refractivity contribution in [3.63, 3.8) is 0 Å². The molecule has 2 aromatic carbocycles. The van der Waals surface area contributed by atoms with E-state index in [4.69, 9.17) is 5.73 Å². The monoisotopic (exact) mass is 351 g/mol. The Morgan fingerprint density at radius 3 is 2.31 bits per heavy atom. The number of hydrogen-bond acceptors (Lipinski definition) is 3. The van der Waals surface area contributed by atoms with E-state index >= 15 is 0 Å². The first-order valence-electron chi connectivity index (χ1n) is 9.56. The summed E-state index contributed by atoms with van der Waals surface area (Å²) in [6.07, 6.45) is 3.53. The topological polar surface area (TPSA) is 67.1 Å². The first-order chi connectivity index (χ1) is 12.7. The molecule has 4 N–H and O–H groups in total. The highest BCUT2D eigenvalue weighted by Crippen LogP contribution is 2.20. The van der Waals surface area contributed by atoms with Gasteiger partial charge in [0.1, 0.15) is 0 Å². The van der Waals surface area contributed by atoms with E-state index < -0.39 is 0 Å². The molecular formula is C22H29N3O. The molecule has 1 atom stereocenters. The lowest BCUT2D eigenvalue weighted by Crippen LogP contribution is -2.46. The van der Waals surface area contributed by atoms with Gasteiger partial charge in [0, 0.05) is 12.6 Å². The molecule has 4 nitrogen and oxygen atoms in total. The predicted molar refractivity (Wildman–Crippen MR) is 106 cm³/mol. The van der Waals surface area contributed by atoms with E-state index in [1.54, 1.807) is 0 Å². The number of nitrogens with two attached hydrogens (primary N) is 1. The van der Waals surface area contributed by atoms with Crippen LogP contribution in [-0.2, 0) is 24.2 Å². The normalized spacial score (nSPS) is 16.2. The molecule has 3 rings (SSSR count). The van der Waals surface area contributed by atoms with Crippen LogP contribution in [0.1, 0.15) is 29.5 Å². The van der Waals surface area contributed by atoms with Gasteiger partial charge in [0.15, 0.2) is 0 Å². The molecule has 1 saturated heterocycles. The lowest BCUT2D eigenvalue weighted by Gasteiger charge is -2.31. The molecule has 0 bridgehead atoms. The second kappa shape index (κ2) is 9.51. The lowest BCUT2D eigenvalue weighted by atomic mass is 9.86. The van der Waals surface area contributed by atoms with Crippen LogP contribution >= 0.6 is 0 Å². The first kappa shape index (κ1) is 18.6. The Bertz CT molecular complexity index is 678. The van der Waals surface area contributed by atoms with Gasteiger partial charge in [-0.2, -0.15) is 0 Å². The van der Waals surface area contributed by atoms with Crippen LogP contribution in [-0.4, -0.2) is 25.0 Å². The molecular weight excluding hydrogens is 322 g/mol. The van der Waals surface area contributed by atoms with Gasteiger partial charge < -0.3 is 16.4 Å². The van der Waals surface area contributed by atoms with Crippen LogP contribution in [0.2, 0.25) is 0 Å². The van der Waals surface area contributed by atoms with Gasteiger partial charge in [-0.25, -0.2) is 0 Å². The average molecular weight is 351 g/mol. The Labute approximate surface area is 156 Å². The van der Waals surface area contributed by atoms with Crippen LogP contribution in [0.15, 0.2) is 54.6 Å². The highest BCUT2D eigenvalue weighted by atomic mass is 16.1. The molecule has 0 saturated carbocycles. The van der Waals surface area contributed by atoms with Crippen molar-refractivity contribution in [2.45, 2.75) is 38.3 Å². The van der Waals surface area contributed by atoms with Gasteiger partial charge >= 0.3 is 0 Å². The van der Waals surface area contributed by atoms with Gasteiger partial charge in [-0.15, -0.1) is 0 Å². The summed E-state index contributed by atoms with van der Waals surface area (Å²) in [4.78, 5) is 12.6. The second-order valence-electron chi connectivity index (χ2n) is 7.15. The highest BCUT2D eigenvalue weighted by Gasteiger charge is 2.25. The van der Waals surface area contributed by atoms with Crippen LogP contribution in [0.3, 0.4) is 0 Å². The van der Waals surface area contributed by atoms with Gasteiger partial charge in [-0.1, -0.05) is 54.6 Å². The maximum atomic E-state index is 12.6. The Morgan fingerprint density at radius 1 is 1.00 bits per heavy atom. The fourth-order valence-corrected chi connectivity index (χ4v) is 3.69. The molecule has 26 heavy (non-hydrogen) atoms. The van der Waals surface area contributed by atoms with E-state index in [1.807, 2.05) is 30.3 Å². The van der Waals surface area contributed by atoms with Crippen molar-refractivity contribution in [1.29, 1.82) is 0 Å². The molecule has 0 aromatic heterocycles. The molecule has 0 spiro atoms. The minimum absolute atomic E-state index is 0.110. The first-order valence-corrected chi connectivity index (χ1v) is 9.56. The zero-order valence-corrected chi connectivity index (χ0v) is 15.3.